The Bertz CT molecular complexity index is 1510. The lowest BCUT2D eigenvalue weighted by Gasteiger charge is -2.25. The molecule has 0 aliphatic rings. The maximum Gasteiger partial charge on any atom is 0.472 e. The summed E-state index contributed by atoms with van der Waals surface area (Å²) in [7, 11) is 1.58. The van der Waals surface area contributed by atoms with Crippen molar-refractivity contribution in [1.29, 1.82) is 0 Å². The summed E-state index contributed by atoms with van der Waals surface area (Å²) < 4.78 is 23.7. The molecule has 0 aliphatic heterocycles. The highest BCUT2D eigenvalue weighted by molar-refractivity contribution is 7.47. The third-order valence-electron chi connectivity index (χ3n) is 14.1. The maximum atomic E-state index is 13.0. The van der Waals surface area contributed by atoms with Crippen LogP contribution in [0.1, 0.15) is 284 Å². The molecule has 0 saturated carbocycles. The summed E-state index contributed by atoms with van der Waals surface area (Å²) in [4.78, 5) is 23.3. The molecular formula is C67H124N2O6P+. The number of hydrogen-bond acceptors (Lipinski definition) is 5. The van der Waals surface area contributed by atoms with Gasteiger partial charge < -0.3 is 19.8 Å². The molecule has 0 rings (SSSR count). The number of carbonyl (C=O) groups excluding carboxylic acids is 1. The van der Waals surface area contributed by atoms with Crippen LogP contribution >= 0.6 is 7.82 Å². The average molecular weight is 1080 g/mol. The van der Waals surface area contributed by atoms with Gasteiger partial charge in [-0.2, -0.15) is 0 Å². The third-order valence-corrected chi connectivity index (χ3v) is 15.1. The smallest absolute Gasteiger partial charge is 0.387 e. The van der Waals surface area contributed by atoms with Gasteiger partial charge in [0.1, 0.15) is 13.2 Å². The molecule has 0 aromatic rings. The number of amides is 1. The highest BCUT2D eigenvalue weighted by atomic mass is 31.2. The number of nitrogens with one attached hydrogen (secondary N) is 1. The van der Waals surface area contributed by atoms with E-state index in [1.807, 2.05) is 27.2 Å². The Hall–Kier alpha value is -2.32. The topological polar surface area (TPSA) is 105 Å². The lowest BCUT2D eigenvalue weighted by Crippen LogP contribution is -2.45. The molecule has 8 nitrogen and oxygen atoms in total. The van der Waals surface area contributed by atoms with E-state index in [-0.39, 0.29) is 19.1 Å². The molecular weight excluding hydrogens is 960 g/mol. The largest absolute Gasteiger partial charge is 0.472 e. The molecule has 0 aliphatic carbocycles. The van der Waals surface area contributed by atoms with Gasteiger partial charge in [0.15, 0.2) is 0 Å². The van der Waals surface area contributed by atoms with E-state index in [2.05, 4.69) is 92.1 Å². The number of nitrogens with zero attached hydrogens (tertiary/aromatic N) is 1. The molecule has 9 heteroatoms. The van der Waals surface area contributed by atoms with Crippen LogP contribution in [0.5, 0.6) is 0 Å². The van der Waals surface area contributed by atoms with E-state index >= 15 is 0 Å². The molecule has 0 bridgehead atoms. The van der Waals surface area contributed by atoms with Crippen molar-refractivity contribution in [2.24, 2.45) is 0 Å². The third kappa shape index (κ3) is 59.3. The molecule has 0 aromatic carbocycles. The number of unbranched alkanes of at least 4 members (excludes halogenated alkanes) is 33. The minimum Gasteiger partial charge on any atom is -0.387 e. The number of quaternary nitrogens is 1. The van der Waals surface area contributed by atoms with Crippen LogP contribution in [-0.4, -0.2) is 73.4 Å². The van der Waals surface area contributed by atoms with E-state index in [1.54, 1.807) is 6.08 Å². The zero-order valence-corrected chi connectivity index (χ0v) is 51.4. The van der Waals surface area contributed by atoms with E-state index in [0.717, 1.165) is 77.0 Å². The monoisotopic (exact) mass is 1080 g/mol. The van der Waals surface area contributed by atoms with Gasteiger partial charge in [-0.25, -0.2) is 4.57 Å². The Morgan fingerprint density at radius 3 is 1.16 bits per heavy atom. The van der Waals surface area contributed by atoms with Gasteiger partial charge in [-0.3, -0.25) is 13.8 Å². The standard InChI is InChI=1S/C67H123N2O6P/c1-6-8-10-12-14-16-18-20-22-23-24-25-26-27-28-29-30-31-32-33-34-35-36-37-38-39-40-41-42-43-44-45-47-49-51-53-55-57-59-61-67(71)68-65(64-75-76(72,73)74-63-62-69(3,4)5)66(70)60-58-56-54-52-50-48-46-21-19-17-15-13-11-9-7-2/h8,10,14,16,20,22,24-25,27-28,30-31,58,60,65-66,70H,6-7,9,11-13,15,17-19,21,23,26,29,32-57,59,61-64H2,1-5H3,(H-,68,71,72,73)/p+1/b10-8-,16-14-,22-20-,25-24-,28-27-,31-30-,60-58+. The van der Waals surface area contributed by atoms with Gasteiger partial charge >= 0.3 is 7.82 Å². The van der Waals surface area contributed by atoms with Crippen molar-refractivity contribution < 1.29 is 32.9 Å². The van der Waals surface area contributed by atoms with Gasteiger partial charge in [-0.15, -0.1) is 0 Å². The Labute approximate surface area is 471 Å². The highest BCUT2D eigenvalue weighted by Crippen LogP contribution is 2.43. The summed E-state index contributed by atoms with van der Waals surface area (Å²) in [5.41, 5.74) is 0. The molecule has 1 amide bonds. The maximum absolute atomic E-state index is 13.0. The Morgan fingerprint density at radius 1 is 0.461 bits per heavy atom. The zero-order valence-electron chi connectivity index (χ0n) is 50.5. The first-order valence-corrected chi connectivity index (χ1v) is 33.5. The number of hydrogen-bond donors (Lipinski definition) is 3. The molecule has 76 heavy (non-hydrogen) atoms. The number of phosphoric ester groups is 1. The van der Waals surface area contributed by atoms with Crippen molar-refractivity contribution in [2.45, 2.75) is 296 Å². The summed E-state index contributed by atoms with van der Waals surface area (Å²) in [6, 6.07) is -0.848. The van der Waals surface area contributed by atoms with E-state index in [4.69, 9.17) is 9.05 Å². The van der Waals surface area contributed by atoms with Crippen molar-refractivity contribution in [1.82, 2.24) is 5.32 Å². The minimum atomic E-state index is -4.35. The Balaban J connectivity index is 3.96. The predicted molar refractivity (Wildman–Crippen MR) is 332 cm³/mol. The molecule has 0 radical (unpaired) electrons. The Kier molecular flexibility index (Phi) is 55.6. The summed E-state index contributed by atoms with van der Waals surface area (Å²) in [6.07, 6.45) is 81.4. The van der Waals surface area contributed by atoms with Gasteiger partial charge in [0.05, 0.1) is 39.9 Å². The second kappa shape index (κ2) is 57.4. The van der Waals surface area contributed by atoms with Gasteiger partial charge in [0, 0.05) is 6.42 Å². The summed E-state index contributed by atoms with van der Waals surface area (Å²) >= 11 is 0. The fraction of sp³-hybridized carbons (Fsp3) is 0.776. The number of phosphoric acid groups is 1. The zero-order chi connectivity index (χ0) is 55.6. The molecule has 3 N–H and O–H groups in total. The summed E-state index contributed by atoms with van der Waals surface area (Å²) in [5, 5.41) is 13.9. The molecule has 442 valence electrons. The van der Waals surface area contributed by atoms with Crippen LogP contribution in [0.25, 0.3) is 0 Å². The fourth-order valence-corrected chi connectivity index (χ4v) is 9.90. The van der Waals surface area contributed by atoms with Gasteiger partial charge in [0.2, 0.25) is 5.91 Å². The molecule has 3 unspecified atom stereocenters. The van der Waals surface area contributed by atoms with E-state index < -0.39 is 20.0 Å². The van der Waals surface area contributed by atoms with Crippen molar-refractivity contribution in [3.63, 3.8) is 0 Å². The van der Waals surface area contributed by atoms with Crippen molar-refractivity contribution in [3.05, 3.63) is 85.1 Å². The first-order chi connectivity index (χ1) is 37.0. The quantitative estimate of drug-likeness (QED) is 0.0243. The first kappa shape index (κ1) is 73.7. The SMILES string of the molecule is CC/C=C\C/C=C\C/C=C\C/C=C\C/C=C\C/C=C\CCCCCCCCCCCCCCCCCCCCCCC(=O)NC(COP(=O)(O)OCC[N+](C)(C)C)C(O)/C=C/CCCCCCCCCCCCCCC. The van der Waals surface area contributed by atoms with Gasteiger partial charge in [0.25, 0.3) is 0 Å². The number of allylic oxidation sites excluding steroid dienone is 13. The summed E-state index contributed by atoms with van der Waals surface area (Å²) in [5.74, 6) is -0.175. The lowest BCUT2D eigenvalue weighted by molar-refractivity contribution is -0.870. The molecule has 3 atom stereocenters. The van der Waals surface area contributed by atoms with Crippen molar-refractivity contribution in [2.75, 3.05) is 40.9 Å². The minimum absolute atomic E-state index is 0.0610. The number of aliphatic hydroxyl groups is 1. The second-order valence-corrected chi connectivity index (χ2v) is 24.2. The number of carbonyl (C=O) groups is 1. The average Bonchev–Trinajstić information content (AvgIpc) is 3.38. The van der Waals surface area contributed by atoms with Crippen LogP contribution < -0.4 is 5.32 Å². The fourth-order valence-electron chi connectivity index (χ4n) is 9.17. The second-order valence-electron chi connectivity index (χ2n) is 22.8. The Morgan fingerprint density at radius 2 is 0.789 bits per heavy atom. The number of rotatable bonds is 58. The lowest BCUT2D eigenvalue weighted by atomic mass is 10.0. The van der Waals surface area contributed by atoms with Crippen LogP contribution in [0, 0.1) is 0 Å². The van der Waals surface area contributed by atoms with Crippen LogP contribution in [-0.2, 0) is 18.4 Å². The highest BCUT2D eigenvalue weighted by Gasteiger charge is 2.27. The predicted octanol–water partition coefficient (Wildman–Crippen LogP) is 20.0. The van der Waals surface area contributed by atoms with Crippen LogP contribution in [0.2, 0.25) is 0 Å². The molecule has 0 fully saturated rings. The molecule has 0 spiro atoms. The van der Waals surface area contributed by atoms with Gasteiger partial charge in [-0.1, -0.05) is 292 Å². The van der Waals surface area contributed by atoms with Crippen molar-refractivity contribution >= 4 is 13.7 Å². The van der Waals surface area contributed by atoms with E-state index in [1.165, 1.54) is 186 Å². The first-order valence-electron chi connectivity index (χ1n) is 32.0. The van der Waals surface area contributed by atoms with Crippen LogP contribution in [0.4, 0.5) is 0 Å². The number of likely N-dealkylation sites (N-methyl/N-ethyl adjacent to an activating group) is 1. The normalized spacial score (nSPS) is 14.4. The van der Waals surface area contributed by atoms with Gasteiger partial charge in [-0.05, 0) is 70.6 Å². The summed E-state index contributed by atoms with van der Waals surface area (Å²) in [6.45, 7) is 4.72. The molecule has 0 heterocycles. The van der Waals surface area contributed by atoms with Crippen molar-refractivity contribution in [3.8, 4) is 0 Å². The van der Waals surface area contributed by atoms with E-state index in [0.29, 0.717) is 17.4 Å². The number of aliphatic hydroxyl groups excluding tert-OH is 1. The van der Waals surface area contributed by atoms with Crippen LogP contribution in [0.15, 0.2) is 85.1 Å². The van der Waals surface area contributed by atoms with Crippen LogP contribution in [0.3, 0.4) is 0 Å². The van der Waals surface area contributed by atoms with E-state index in [9.17, 15) is 19.4 Å². The molecule has 0 aromatic heterocycles. The molecule has 0 saturated heterocycles.